The molecule has 1 N–H and O–H groups in total. The van der Waals surface area contributed by atoms with Crippen LogP contribution < -0.4 is 0 Å². The molecular formula is C19H15BrO. The third-order valence-electron chi connectivity index (χ3n) is 3.45. The molecule has 0 saturated heterocycles. The number of halogens is 1. The highest BCUT2D eigenvalue weighted by molar-refractivity contribution is 9.10. The number of phenolic OH excluding ortho intramolecular Hbond substituents is 1. The molecule has 0 saturated carbocycles. The Kier molecular flexibility index (Phi) is 3.80. The Balaban J connectivity index is 2.16. The number of aryl methyl sites for hydroxylation is 1. The normalized spacial score (nSPS) is 10.6. The van der Waals surface area contributed by atoms with Crippen molar-refractivity contribution < 1.29 is 5.11 Å². The van der Waals surface area contributed by atoms with Crippen LogP contribution in [0.5, 0.6) is 5.75 Å². The van der Waals surface area contributed by atoms with E-state index in [4.69, 9.17) is 0 Å². The van der Waals surface area contributed by atoms with Gasteiger partial charge in [0.15, 0.2) is 0 Å². The van der Waals surface area contributed by atoms with Gasteiger partial charge in [0.1, 0.15) is 5.75 Å². The third kappa shape index (κ3) is 3.01. The molecular weight excluding hydrogens is 324 g/mol. The van der Waals surface area contributed by atoms with Crippen LogP contribution in [-0.2, 0) is 0 Å². The smallest absolute Gasteiger partial charge is 0.123 e. The van der Waals surface area contributed by atoms with Crippen LogP contribution in [-0.4, -0.2) is 5.11 Å². The van der Waals surface area contributed by atoms with Crippen molar-refractivity contribution in [1.29, 1.82) is 0 Å². The molecule has 3 aromatic carbocycles. The van der Waals surface area contributed by atoms with Gasteiger partial charge in [-0.15, -0.1) is 0 Å². The molecule has 0 fully saturated rings. The van der Waals surface area contributed by atoms with Crippen LogP contribution in [0.4, 0.5) is 0 Å². The number of benzene rings is 3. The molecule has 3 rings (SSSR count). The lowest BCUT2D eigenvalue weighted by Gasteiger charge is -2.10. The van der Waals surface area contributed by atoms with Crippen molar-refractivity contribution in [3.63, 3.8) is 0 Å². The number of hydrogen-bond donors (Lipinski definition) is 1. The molecule has 0 atom stereocenters. The first-order valence-corrected chi connectivity index (χ1v) is 7.59. The summed E-state index contributed by atoms with van der Waals surface area (Å²) in [6.07, 6.45) is 0. The van der Waals surface area contributed by atoms with E-state index in [1.807, 2.05) is 30.3 Å². The van der Waals surface area contributed by atoms with E-state index in [2.05, 4.69) is 53.2 Å². The molecule has 0 radical (unpaired) electrons. The Labute approximate surface area is 133 Å². The molecule has 104 valence electrons. The molecule has 1 nitrogen and oxygen atoms in total. The van der Waals surface area contributed by atoms with E-state index >= 15 is 0 Å². The monoisotopic (exact) mass is 338 g/mol. The van der Waals surface area contributed by atoms with Gasteiger partial charge < -0.3 is 5.11 Å². The van der Waals surface area contributed by atoms with Crippen LogP contribution in [0.1, 0.15) is 5.56 Å². The Hall–Kier alpha value is -2.06. The summed E-state index contributed by atoms with van der Waals surface area (Å²) in [5, 5.41) is 10.1. The summed E-state index contributed by atoms with van der Waals surface area (Å²) in [5.74, 6) is 0.294. The first-order valence-electron chi connectivity index (χ1n) is 6.79. The molecule has 0 heterocycles. The highest BCUT2D eigenvalue weighted by Gasteiger charge is 2.08. The van der Waals surface area contributed by atoms with Gasteiger partial charge in [-0.3, -0.25) is 0 Å². The maximum absolute atomic E-state index is 10.1. The summed E-state index contributed by atoms with van der Waals surface area (Å²) in [6.45, 7) is 2.07. The fourth-order valence-corrected chi connectivity index (χ4v) is 2.84. The number of aromatic hydroxyl groups is 1. The average Bonchev–Trinajstić information content (AvgIpc) is 2.50. The highest BCUT2D eigenvalue weighted by atomic mass is 79.9. The minimum Gasteiger partial charge on any atom is -0.507 e. The van der Waals surface area contributed by atoms with Crippen molar-refractivity contribution in [1.82, 2.24) is 0 Å². The Morgan fingerprint density at radius 2 is 1.48 bits per heavy atom. The molecule has 0 aliphatic rings. The second kappa shape index (κ2) is 5.74. The van der Waals surface area contributed by atoms with Gasteiger partial charge in [0.2, 0.25) is 0 Å². The predicted octanol–water partition coefficient (Wildman–Crippen LogP) is 5.80. The lowest BCUT2D eigenvalue weighted by molar-refractivity contribution is 0.477. The molecule has 0 aliphatic carbocycles. The number of phenols is 1. The van der Waals surface area contributed by atoms with Gasteiger partial charge in [0.05, 0.1) is 0 Å². The summed E-state index contributed by atoms with van der Waals surface area (Å²) in [7, 11) is 0. The number of rotatable bonds is 2. The van der Waals surface area contributed by atoms with Crippen molar-refractivity contribution in [3.05, 3.63) is 76.8 Å². The maximum atomic E-state index is 10.1. The van der Waals surface area contributed by atoms with Crippen LogP contribution in [0, 0.1) is 6.92 Å². The number of hydrogen-bond acceptors (Lipinski definition) is 1. The molecule has 0 aromatic heterocycles. The van der Waals surface area contributed by atoms with E-state index in [0.717, 1.165) is 21.2 Å². The fraction of sp³-hybridized carbons (Fsp3) is 0.0526. The summed E-state index contributed by atoms with van der Waals surface area (Å²) >= 11 is 3.46. The zero-order valence-corrected chi connectivity index (χ0v) is 13.3. The Morgan fingerprint density at radius 3 is 2.24 bits per heavy atom. The quantitative estimate of drug-likeness (QED) is 0.626. The van der Waals surface area contributed by atoms with Gasteiger partial charge >= 0.3 is 0 Å². The molecule has 0 spiro atoms. The zero-order valence-electron chi connectivity index (χ0n) is 11.7. The predicted molar refractivity (Wildman–Crippen MR) is 91.4 cm³/mol. The molecule has 0 bridgehead atoms. The first-order chi connectivity index (χ1) is 10.1. The molecule has 2 heteroatoms. The van der Waals surface area contributed by atoms with Gasteiger partial charge in [-0.05, 0) is 53.4 Å². The standard InChI is InChI=1S/C19H15BrO/c1-13-9-15(14-5-3-2-4-6-14)11-16(10-13)18-12-17(20)7-8-19(18)21/h2-12,21H,1H3. The third-order valence-corrected chi connectivity index (χ3v) is 3.95. The minimum atomic E-state index is 0.294. The van der Waals surface area contributed by atoms with E-state index in [1.165, 1.54) is 11.1 Å². The summed E-state index contributed by atoms with van der Waals surface area (Å²) in [6, 6.07) is 22.1. The van der Waals surface area contributed by atoms with Crippen LogP contribution in [0.3, 0.4) is 0 Å². The van der Waals surface area contributed by atoms with Crippen molar-refractivity contribution in [2.75, 3.05) is 0 Å². The molecule has 0 aliphatic heterocycles. The second-order valence-corrected chi connectivity index (χ2v) is 6.03. The van der Waals surface area contributed by atoms with Crippen LogP contribution in [0.2, 0.25) is 0 Å². The lowest BCUT2D eigenvalue weighted by atomic mass is 9.96. The van der Waals surface area contributed by atoms with Gasteiger partial charge in [0.25, 0.3) is 0 Å². The van der Waals surface area contributed by atoms with Gasteiger partial charge in [-0.2, -0.15) is 0 Å². The van der Waals surface area contributed by atoms with Crippen molar-refractivity contribution >= 4 is 15.9 Å². The van der Waals surface area contributed by atoms with Crippen molar-refractivity contribution in [3.8, 4) is 28.0 Å². The topological polar surface area (TPSA) is 20.2 Å². The van der Waals surface area contributed by atoms with E-state index in [-0.39, 0.29) is 0 Å². The Morgan fingerprint density at radius 1 is 0.762 bits per heavy atom. The first kappa shape index (κ1) is 13.9. The minimum absolute atomic E-state index is 0.294. The Bertz CT molecular complexity index is 779. The van der Waals surface area contributed by atoms with Crippen molar-refractivity contribution in [2.45, 2.75) is 6.92 Å². The molecule has 21 heavy (non-hydrogen) atoms. The summed E-state index contributed by atoms with van der Waals surface area (Å²) in [5.41, 5.74) is 5.37. The molecule has 0 unspecified atom stereocenters. The molecule has 3 aromatic rings. The van der Waals surface area contributed by atoms with Crippen LogP contribution in [0.25, 0.3) is 22.3 Å². The largest absolute Gasteiger partial charge is 0.507 e. The van der Waals surface area contributed by atoms with Crippen molar-refractivity contribution in [2.24, 2.45) is 0 Å². The summed E-state index contributed by atoms with van der Waals surface area (Å²) < 4.78 is 0.957. The lowest BCUT2D eigenvalue weighted by Crippen LogP contribution is -1.85. The van der Waals surface area contributed by atoms with Crippen LogP contribution >= 0.6 is 15.9 Å². The van der Waals surface area contributed by atoms with Gasteiger partial charge in [0, 0.05) is 10.0 Å². The highest BCUT2D eigenvalue weighted by Crippen LogP contribution is 2.34. The molecule has 0 amide bonds. The van der Waals surface area contributed by atoms with Crippen LogP contribution in [0.15, 0.2) is 71.2 Å². The maximum Gasteiger partial charge on any atom is 0.123 e. The van der Waals surface area contributed by atoms with E-state index in [1.54, 1.807) is 6.07 Å². The van der Waals surface area contributed by atoms with Gasteiger partial charge in [-0.1, -0.05) is 58.4 Å². The fourth-order valence-electron chi connectivity index (χ4n) is 2.48. The zero-order chi connectivity index (χ0) is 14.8. The average molecular weight is 339 g/mol. The SMILES string of the molecule is Cc1cc(-c2ccccc2)cc(-c2cc(Br)ccc2O)c1. The summed E-state index contributed by atoms with van der Waals surface area (Å²) in [4.78, 5) is 0. The van der Waals surface area contributed by atoms with E-state index in [9.17, 15) is 5.11 Å². The van der Waals surface area contributed by atoms with E-state index in [0.29, 0.717) is 5.75 Å². The van der Waals surface area contributed by atoms with Gasteiger partial charge in [-0.25, -0.2) is 0 Å². The van der Waals surface area contributed by atoms with E-state index < -0.39 is 0 Å². The second-order valence-electron chi connectivity index (χ2n) is 5.12.